The molecule has 0 amide bonds. The lowest BCUT2D eigenvalue weighted by atomic mass is 10.3. The van der Waals surface area contributed by atoms with E-state index in [1.807, 2.05) is 37.4 Å². The highest BCUT2D eigenvalue weighted by molar-refractivity contribution is 7.11. The van der Waals surface area contributed by atoms with Crippen LogP contribution in [0.25, 0.3) is 0 Å². The molecule has 7 heteroatoms. The molecule has 1 heterocycles. The summed E-state index contributed by atoms with van der Waals surface area (Å²) >= 11 is 1.78. The number of benzene rings is 1. The van der Waals surface area contributed by atoms with E-state index in [1.165, 1.54) is 4.88 Å². The van der Waals surface area contributed by atoms with Crippen molar-refractivity contribution < 1.29 is 9.47 Å². The number of aryl methyl sites for hydroxylation is 1. The van der Waals surface area contributed by atoms with E-state index in [1.54, 1.807) is 18.4 Å². The van der Waals surface area contributed by atoms with Gasteiger partial charge >= 0.3 is 0 Å². The molecule has 148 valence electrons. The normalized spacial score (nSPS) is 12.5. The number of thiazole rings is 1. The van der Waals surface area contributed by atoms with Crippen LogP contribution < -0.4 is 20.1 Å². The molecule has 0 fully saturated rings. The molecule has 6 nitrogen and oxygen atoms in total. The second-order valence-corrected chi connectivity index (χ2v) is 7.28. The van der Waals surface area contributed by atoms with Gasteiger partial charge in [0.25, 0.3) is 0 Å². The van der Waals surface area contributed by atoms with Crippen LogP contribution in [0.3, 0.4) is 0 Å². The van der Waals surface area contributed by atoms with Gasteiger partial charge in [0.2, 0.25) is 0 Å². The van der Waals surface area contributed by atoms with Gasteiger partial charge in [-0.15, -0.1) is 11.3 Å². The Balaban J connectivity index is 1.82. The molecule has 0 radical (unpaired) electrons. The fraction of sp³-hybridized carbons (Fsp3) is 0.500. The van der Waals surface area contributed by atoms with E-state index in [-0.39, 0.29) is 6.10 Å². The number of ether oxygens (including phenoxy) is 2. The first kappa shape index (κ1) is 21.0. The van der Waals surface area contributed by atoms with Gasteiger partial charge in [-0.05, 0) is 32.4 Å². The maximum Gasteiger partial charge on any atom is 0.191 e. The third-order valence-electron chi connectivity index (χ3n) is 3.81. The summed E-state index contributed by atoms with van der Waals surface area (Å²) in [5, 5.41) is 7.79. The van der Waals surface area contributed by atoms with Crippen LogP contribution in [0.15, 0.2) is 35.5 Å². The third-order valence-corrected chi connectivity index (χ3v) is 5.01. The number of aromatic nitrogens is 1. The Labute approximate surface area is 166 Å². The molecular weight excluding hydrogens is 360 g/mol. The molecule has 0 aliphatic heterocycles. The maximum atomic E-state index is 5.92. The Kier molecular flexibility index (Phi) is 8.91. The van der Waals surface area contributed by atoms with Crippen LogP contribution in [-0.4, -0.2) is 43.8 Å². The smallest absolute Gasteiger partial charge is 0.191 e. The van der Waals surface area contributed by atoms with Crippen molar-refractivity contribution in [3.05, 3.63) is 40.3 Å². The SMILES string of the molecule is CCNC(=NCC(C)Oc1cccc(OC)c1)NCCc1ncc(CC)s1. The molecule has 2 rings (SSSR count). The van der Waals surface area contributed by atoms with Crippen molar-refractivity contribution >= 4 is 17.3 Å². The zero-order valence-corrected chi connectivity index (χ0v) is 17.4. The number of rotatable bonds is 10. The zero-order valence-electron chi connectivity index (χ0n) is 16.6. The highest BCUT2D eigenvalue weighted by atomic mass is 32.1. The summed E-state index contributed by atoms with van der Waals surface area (Å²) in [6.45, 7) is 8.39. The second-order valence-electron chi connectivity index (χ2n) is 6.08. The Morgan fingerprint density at radius 1 is 1.26 bits per heavy atom. The minimum absolute atomic E-state index is 0.0429. The van der Waals surface area contributed by atoms with Gasteiger partial charge in [-0.1, -0.05) is 13.0 Å². The summed E-state index contributed by atoms with van der Waals surface area (Å²) in [6, 6.07) is 7.61. The van der Waals surface area contributed by atoms with Crippen LogP contribution in [0.2, 0.25) is 0 Å². The molecule has 1 aromatic heterocycles. The molecule has 0 aliphatic carbocycles. The van der Waals surface area contributed by atoms with E-state index in [0.29, 0.717) is 6.54 Å². The third kappa shape index (κ3) is 7.46. The minimum atomic E-state index is -0.0429. The van der Waals surface area contributed by atoms with E-state index >= 15 is 0 Å². The highest BCUT2D eigenvalue weighted by Gasteiger charge is 2.06. The van der Waals surface area contributed by atoms with Gasteiger partial charge in [-0.25, -0.2) is 9.98 Å². The predicted molar refractivity (Wildman–Crippen MR) is 112 cm³/mol. The van der Waals surface area contributed by atoms with Crippen molar-refractivity contribution in [2.45, 2.75) is 39.7 Å². The van der Waals surface area contributed by atoms with Crippen molar-refractivity contribution in [2.75, 3.05) is 26.7 Å². The Bertz CT molecular complexity index is 718. The van der Waals surface area contributed by atoms with Gasteiger partial charge in [0.15, 0.2) is 5.96 Å². The number of methoxy groups -OCH3 is 1. The molecule has 27 heavy (non-hydrogen) atoms. The number of nitrogens with one attached hydrogen (secondary N) is 2. The molecule has 0 saturated heterocycles. The predicted octanol–water partition coefficient (Wildman–Crippen LogP) is 3.28. The van der Waals surface area contributed by atoms with Gasteiger partial charge in [0.1, 0.15) is 17.6 Å². The molecular formula is C20H30N4O2S. The molecule has 0 aliphatic rings. The van der Waals surface area contributed by atoms with Gasteiger partial charge in [-0.3, -0.25) is 0 Å². The Morgan fingerprint density at radius 3 is 2.78 bits per heavy atom. The van der Waals surface area contributed by atoms with E-state index in [2.05, 4.69) is 34.5 Å². The zero-order chi connectivity index (χ0) is 19.5. The number of guanidine groups is 1. The first-order chi connectivity index (χ1) is 13.1. The summed E-state index contributed by atoms with van der Waals surface area (Å²) in [4.78, 5) is 10.4. The molecule has 1 atom stereocenters. The summed E-state index contributed by atoms with van der Waals surface area (Å²) in [6.07, 6.45) is 3.86. The van der Waals surface area contributed by atoms with Crippen molar-refractivity contribution in [2.24, 2.45) is 4.99 Å². The lowest BCUT2D eigenvalue weighted by molar-refractivity contribution is 0.229. The van der Waals surface area contributed by atoms with Gasteiger partial charge < -0.3 is 20.1 Å². The van der Waals surface area contributed by atoms with E-state index in [0.717, 1.165) is 48.4 Å². The van der Waals surface area contributed by atoms with Crippen LogP contribution in [0.5, 0.6) is 11.5 Å². The largest absolute Gasteiger partial charge is 0.497 e. The molecule has 0 bridgehead atoms. The molecule has 1 unspecified atom stereocenters. The van der Waals surface area contributed by atoms with Crippen LogP contribution in [0.1, 0.15) is 30.7 Å². The van der Waals surface area contributed by atoms with Gasteiger partial charge in [0.05, 0.1) is 18.7 Å². The van der Waals surface area contributed by atoms with Crippen LogP contribution in [0, 0.1) is 0 Å². The number of hydrogen-bond acceptors (Lipinski definition) is 5. The average Bonchev–Trinajstić information content (AvgIpc) is 3.14. The maximum absolute atomic E-state index is 5.92. The standard InChI is InChI=1S/C20H30N4O2S/c1-5-18-14-23-19(27-18)10-11-22-20(21-6-2)24-13-15(3)26-17-9-7-8-16(12-17)25-4/h7-9,12,14-15H,5-6,10-11,13H2,1-4H3,(H2,21,22,24). The summed E-state index contributed by atoms with van der Waals surface area (Å²) in [7, 11) is 1.65. The lowest BCUT2D eigenvalue weighted by Crippen LogP contribution is -2.39. The molecule has 2 N–H and O–H groups in total. The van der Waals surface area contributed by atoms with Gasteiger partial charge in [-0.2, -0.15) is 0 Å². The molecule has 0 spiro atoms. The van der Waals surface area contributed by atoms with E-state index in [4.69, 9.17) is 9.47 Å². The summed E-state index contributed by atoms with van der Waals surface area (Å²) in [5.41, 5.74) is 0. The summed E-state index contributed by atoms with van der Waals surface area (Å²) < 4.78 is 11.1. The summed E-state index contributed by atoms with van der Waals surface area (Å²) in [5.74, 6) is 2.36. The topological polar surface area (TPSA) is 67.8 Å². The monoisotopic (exact) mass is 390 g/mol. The van der Waals surface area contributed by atoms with Crippen molar-refractivity contribution in [1.29, 1.82) is 0 Å². The van der Waals surface area contributed by atoms with Crippen molar-refractivity contribution in [3.63, 3.8) is 0 Å². The number of aliphatic imine (C=N–C) groups is 1. The lowest BCUT2D eigenvalue weighted by Gasteiger charge is -2.15. The van der Waals surface area contributed by atoms with Crippen LogP contribution in [0.4, 0.5) is 0 Å². The number of hydrogen-bond donors (Lipinski definition) is 2. The van der Waals surface area contributed by atoms with E-state index < -0.39 is 0 Å². The molecule has 1 aromatic carbocycles. The fourth-order valence-electron chi connectivity index (χ4n) is 2.42. The van der Waals surface area contributed by atoms with E-state index in [9.17, 15) is 0 Å². The first-order valence-corrected chi connectivity index (χ1v) is 10.2. The number of nitrogens with zero attached hydrogens (tertiary/aromatic N) is 2. The van der Waals surface area contributed by atoms with Gasteiger partial charge in [0, 0.05) is 36.7 Å². The quantitative estimate of drug-likeness (QED) is 0.481. The Hall–Kier alpha value is -2.28. The molecule has 0 saturated carbocycles. The molecule has 2 aromatic rings. The minimum Gasteiger partial charge on any atom is -0.497 e. The van der Waals surface area contributed by atoms with Crippen molar-refractivity contribution in [3.8, 4) is 11.5 Å². The Morgan fingerprint density at radius 2 is 2.07 bits per heavy atom. The van der Waals surface area contributed by atoms with Crippen LogP contribution in [-0.2, 0) is 12.8 Å². The highest BCUT2D eigenvalue weighted by Crippen LogP contribution is 2.20. The second kappa shape index (κ2) is 11.4. The average molecular weight is 391 g/mol. The van der Waals surface area contributed by atoms with Crippen LogP contribution >= 0.6 is 11.3 Å². The van der Waals surface area contributed by atoms with Crippen molar-refractivity contribution in [1.82, 2.24) is 15.6 Å². The first-order valence-electron chi connectivity index (χ1n) is 9.41. The fourth-order valence-corrected chi connectivity index (χ4v) is 3.28.